The van der Waals surface area contributed by atoms with Gasteiger partial charge in [-0.15, -0.1) is 0 Å². The molecular formula is C24H29NO3S. The normalized spacial score (nSPS) is 18.2. The first-order valence-corrected chi connectivity index (χ1v) is 11.6. The van der Waals surface area contributed by atoms with Crippen molar-refractivity contribution in [2.24, 2.45) is 0 Å². The van der Waals surface area contributed by atoms with Crippen LogP contribution in [0.3, 0.4) is 0 Å². The number of rotatable bonds is 4. The van der Waals surface area contributed by atoms with E-state index in [0.717, 1.165) is 5.56 Å². The third-order valence-electron chi connectivity index (χ3n) is 5.30. The van der Waals surface area contributed by atoms with Crippen molar-refractivity contribution in [2.75, 3.05) is 10.7 Å². The molecule has 0 saturated heterocycles. The summed E-state index contributed by atoms with van der Waals surface area (Å²) < 4.78 is 24.0. The minimum atomic E-state index is -3.29. The molecule has 0 spiro atoms. The minimum absolute atomic E-state index is 0.00376. The average molecular weight is 412 g/mol. The molecule has 5 heteroatoms. The lowest BCUT2D eigenvalue weighted by Gasteiger charge is -2.28. The first-order chi connectivity index (χ1) is 13.5. The van der Waals surface area contributed by atoms with E-state index in [1.807, 2.05) is 48.5 Å². The molecule has 2 aromatic rings. The Labute approximate surface area is 174 Å². The predicted octanol–water partition coefficient (Wildman–Crippen LogP) is 5.07. The number of anilines is 1. The van der Waals surface area contributed by atoms with Crippen LogP contribution in [0.25, 0.3) is 0 Å². The maximum absolute atomic E-state index is 13.4. The molecule has 0 aliphatic carbocycles. The van der Waals surface area contributed by atoms with Gasteiger partial charge in [0, 0.05) is 16.7 Å². The number of amides is 1. The summed E-state index contributed by atoms with van der Waals surface area (Å²) in [6, 6.07) is 14.9. The van der Waals surface area contributed by atoms with E-state index in [1.165, 1.54) is 11.0 Å². The van der Waals surface area contributed by atoms with Gasteiger partial charge >= 0.3 is 0 Å². The highest BCUT2D eigenvalue weighted by atomic mass is 32.2. The van der Waals surface area contributed by atoms with Crippen LogP contribution in [-0.4, -0.2) is 26.1 Å². The Morgan fingerprint density at radius 3 is 2.03 bits per heavy atom. The third kappa shape index (κ3) is 4.78. The summed E-state index contributed by atoms with van der Waals surface area (Å²) in [5, 5.41) is 1.21. The molecule has 4 nitrogen and oxygen atoms in total. The lowest BCUT2D eigenvalue weighted by Crippen LogP contribution is -2.41. The molecule has 1 aliphatic rings. The van der Waals surface area contributed by atoms with Crippen molar-refractivity contribution < 1.29 is 13.2 Å². The van der Waals surface area contributed by atoms with Gasteiger partial charge in [0.2, 0.25) is 0 Å². The van der Waals surface area contributed by atoms with Crippen molar-refractivity contribution in [1.82, 2.24) is 0 Å². The SMILES string of the molecule is CC(C)c1ccc(N(C(=O)c2ccc(C(C)(C)C)cc2)C2C=CS(=O)(=O)C2)cc1. The molecule has 0 saturated carbocycles. The molecule has 154 valence electrons. The van der Waals surface area contributed by atoms with E-state index in [0.29, 0.717) is 17.2 Å². The number of hydrogen-bond acceptors (Lipinski definition) is 3. The van der Waals surface area contributed by atoms with Gasteiger partial charge in [0.15, 0.2) is 9.84 Å². The van der Waals surface area contributed by atoms with Crippen LogP contribution < -0.4 is 4.90 Å². The van der Waals surface area contributed by atoms with E-state index in [-0.39, 0.29) is 17.1 Å². The van der Waals surface area contributed by atoms with E-state index in [9.17, 15) is 13.2 Å². The molecule has 29 heavy (non-hydrogen) atoms. The number of carbonyl (C=O) groups excluding carboxylic acids is 1. The molecule has 0 aromatic heterocycles. The van der Waals surface area contributed by atoms with Crippen molar-refractivity contribution in [3.8, 4) is 0 Å². The van der Waals surface area contributed by atoms with Crippen LogP contribution >= 0.6 is 0 Å². The van der Waals surface area contributed by atoms with Crippen molar-refractivity contribution >= 4 is 21.4 Å². The van der Waals surface area contributed by atoms with Crippen LogP contribution in [0.5, 0.6) is 0 Å². The van der Waals surface area contributed by atoms with Crippen LogP contribution in [0.1, 0.15) is 62.0 Å². The van der Waals surface area contributed by atoms with Crippen LogP contribution in [0.15, 0.2) is 60.0 Å². The fourth-order valence-corrected chi connectivity index (χ4v) is 4.72. The van der Waals surface area contributed by atoms with Gasteiger partial charge in [0.05, 0.1) is 11.8 Å². The van der Waals surface area contributed by atoms with Crippen LogP contribution in [0.2, 0.25) is 0 Å². The Morgan fingerprint density at radius 1 is 1.00 bits per heavy atom. The number of carbonyl (C=O) groups is 1. The smallest absolute Gasteiger partial charge is 0.258 e. The van der Waals surface area contributed by atoms with E-state index in [1.54, 1.807) is 11.0 Å². The van der Waals surface area contributed by atoms with Gasteiger partial charge < -0.3 is 4.90 Å². The van der Waals surface area contributed by atoms with Gasteiger partial charge in [-0.1, -0.05) is 58.9 Å². The lowest BCUT2D eigenvalue weighted by atomic mass is 9.86. The van der Waals surface area contributed by atoms with Crippen LogP contribution in [-0.2, 0) is 15.3 Å². The van der Waals surface area contributed by atoms with Gasteiger partial charge in [-0.05, 0) is 52.8 Å². The van der Waals surface area contributed by atoms with Crippen molar-refractivity contribution in [3.63, 3.8) is 0 Å². The summed E-state index contributed by atoms with van der Waals surface area (Å²) in [5.41, 5.74) is 3.56. The first kappa shape index (κ1) is 21.3. The highest BCUT2D eigenvalue weighted by Gasteiger charge is 2.32. The largest absolute Gasteiger partial charge is 0.300 e. The van der Waals surface area contributed by atoms with E-state index >= 15 is 0 Å². The molecule has 0 radical (unpaired) electrons. The number of hydrogen-bond donors (Lipinski definition) is 0. The van der Waals surface area contributed by atoms with Gasteiger partial charge in [-0.2, -0.15) is 0 Å². The summed E-state index contributed by atoms with van der Waals surface area (Å²) >= 11 is 0. The van der Waals surface area contributed by atoms with E-state index in [2.05, 4.69) is 34.6 Å². The zero-order valence-corrected chi connectivity index (χ0v) is 18.5. The molecule has 1 atom stereocenters. The summed E-state index contributed by atoms with van der Waals surface area (Å²) in [5.74, 6) is 0.0875. The van der Waals surface area contributed by atoms with Crippen LogP contribution in [0, 0.1) is 0 Å². The Morgan fingerprint density at radius 2 is 1.59 bits per heavy atom. The summed E-state index contributed by atoms with van der Waals surface area (Å²) in [6.07, 6.45) is 1.60. The maximum Gasteiger partial charge on any atom is 0.258 e. The summed E-state index contributed by atoms with van der Waals surface area (Å²) in [6.45, 7) is 10.6. The highest BCUT2D eigenvalue weighted by molar-refractivity contribution is 7.94. The number of sulfone groups is 1. The van der Waals surface area contributed by atoms with Crippen molar-refractivity contribution in [1.29, 1.82) is 0 Å². The molecule has 1 amide bonds. The Hall–Kier alpha value is -2.40. The van der Waals surface area contributed by atoms with Gasteiger partial charge in [-0.3, -0.25) is 4.79 Å². The zero-order chi connectivity index (χ0) is 21.4. The second-order valence-electron chi connectivity index (χ2n) is 8.97. The molecule has 0 fully saturated rings. The number of benzene rings is 2. The molecule has 2 aromatic carbocycles. The predicted molar refractivity (Wildman–Crippen MR) is 119 cm³/mol. The monoisotopic (exact) mass is 411 g/mol. The first-order valence-electron chi connectivity index (χ1n) is 9.93. The summed E-state index contributed by atoms with van der Waals surface area (Å²) in [7, 11) is -3.29. The molecule has 3 rings (SSSR count). The highest BCUT2D eigenvalue weighted by Crippen LogP contribution is 2.28. The molecule has 0 bridgehead atoms. The quantitative estimate of drug-likeness (QED) is 0.706. The average Bonchev–Trinajstić information content (AvgIpc) is 3.01. The Balaban J connectivity index is 1.98. The standard InChI is InChI=1S/C24H29NO3S/c1-17(2)18-8-12-21(13-9-18)25(22-14-15-29(27,28)16-22)23(26)19-6-10-20(11-7-19)24(3,4)5/h6-15,17,22H,16H2,1-5H3. The summed E-state index contributed by atoms with van der Waals surface area (Å²) in [4.78, 5) is 15.0. The fraction of sp³-hybridized carbons (Fsp3) is 0.375. The minimum Gasteiger partial charge on any atom is -0.300 e. The Bertz CT molecular complexity index is 1010. The van der Waals surface area contributed by atoms with Gasteiger partial charge in [0.1, 0.15) is 0 Å². The molecule has 1 aliphatic heterocycles. The van der Waals surface area contributed by atoms with Gasteiger partial charge in [0.25, 0.3) is 5.91 Å². The zero-order valence-electron chi connectivity index (χ0n) is 17.7. The topological polar surface area (TPSA) is 54.5 Å². The van der Waals surface area contributed by atoms with Gasteiger partial charge in [-0.25, -0.2) is 8.42 Å². The Kier molecular flexibility index (Phi) is 5.72. The van der Waals surface area contributed by atoms with Crippen molar-refractivity contribution in [3.05, 3.63) is 76.7 Å². The van der Waals surface area contributed by atoms with E-state index < -0.39 is 15.9 Å². The number of nitrogens with zero attached hydrogens (tertiary/aromatic N) is 1. The maximum atomic E-state index is 13.4. The van der Waals surface area contributed by atoms with Crippen LogP contribution in [0.4, 0.5) is 5.69 Å². The second kappa shape index (κ2) is 7.79. The fourth-order valence-electron chi connectivity index (χ4n) is 3.45. The molecule has 1 heterocycles. The second-order valence-corrected chi connectivity index (χ2v) is 10.9. The third-order valence-corrected chi connectivity index (χ3v) is 6.68. The molecule has 0 N–H and O–H groups in total. The van der Waals surface area contributed by atoms with E-state index in [4.69, 9.17) is 0 Å². The lowest BCUT2D eigenvalue weighted by molar-refractivity contribution is 0.0983. The van der Waals surface area contributed by atoms with Crippen molar-refractivity contribution in [2.45, 2.75) is 52.0 Å². The molecule has 1 unspecified atom stereocenters. The molecular weight excluding hydrogens is 382 g/mol.